The first kappa shape index (κ1) is 63.2. The molecular weight excluding hydrogens is 1170 g/mol. The number of benzene rings is 8. The Hall–Kier alpha value is -8.40. The van der Waals surface area contributed by atoms with Gasteiger partial charge >= 0.3 is 11.9 Å². The van der Waals surface area contributed by atoms with Crippen molar-refractivity contribution in [3.8, 4) is 11.5 Å². The fraction of sp³-hybridized carbons (Fsp3) is 0.324. The molecule has 0 N–H and O–H groups in total. The monoisotopic (exact) mass is 1240 g/mol. The molecular formula is C74H78Cl2N8O6. The summed E-state index contributed by atoms with van der Waals surface area (Å²) < 4.78 is 27.9. The van der Waals surface area contributed by atoms with Gasteiger partial charge in [0.1, 0.15) is 48.0 Å². The van der Waals surface area contributed by atoms with Gasteiger partial charge in [0.2, 0.25) is 0 Å². The van der Waals surface area contributed by atoms with E-state index in [-0.39, 0.29) is 62.0 Å². The molecule has 8 aromatic carbocycles. The Morgan fingerprint density at radius 3 is 1.32 bits per heavy atom. The lowest BCUT2D eigenvalue weighted by molar-refractivity contribution is -0.146. The summed E-state index contributed by atoms with van der Waals surface area (Å²) in [6.45, 7) is 19.3. The van der Waals surface area contributed by atoms with Crippen molar-refractivity contribution in [2.45, 2.75) is 144 Å². The molecule has 0 saturated heterocycles. The summed E-state index contributed by atoms with van der Waals surface area (Å²) >= 11 is 14.1. The maximum Gasteiger partial charge on any atom is 0.307 e. The van der Waals surface area contributed by atoms with Crippen molar-refractivity contribution in [1.82, 2.24) is 39.8 Å². The zero-order chi connectivity index (χ0) is 62.7. The molecule has 12 rings (SSSR count). The van der Waals surface area contributed by atoms with E-state index in [1.54, 1.807) is 0 Å². The predicted octanol–water partition coefficient (Wildman–Crippen LogP) is 15.7. The number of fused-ring (bicyclic) bond motifs is 4. The van der Waals surface area contributed by atoms with Gasteiger partial charge in [0, 0.05) is 75.3 Å². The highest BCUT2D eigenvalue weighted by Crippen LogP contribution is 2.40. The number of aromatic nitrogens is 6. The first-order chi connectivity index (χ1) is 43.9. The van der Waals surface area contributed by atoms with Crippen molar-refractivity contribution in [1.29, 1.82) is 0 Å². The molecule has 16 heteroatoms. The van der Waals surface area contributed by atoms with Gasteiger partial charge in [-0.2, -0.15) is 0 Å². The van der Waals surface area contributed by atoms with Crippen LogP contribution in [0, 0.1) is 13.8 Å². The molecule has 4 heterocycles. The molecule has 2 aromatic heterocycles. The second kappa shape index (κ2) is 29.5. The van der Waals surface area contributed by atoms with Crippen molar-refractivity contribution in [2.24, 2.45) is 0 Å². The van der Waals surface area contributed by atoms with E-state index in [2.05, 4.69) is 131 Å². The third-order valence-corrected chi connectivity index (χ3v) is 18.2. The van der Waals surface area contributed by atoms with Crippen LogP contribution in [0.15, 0.2) is 170 Å². The Balaban J connectivity index is 0.000000185. The van der Waals surface area contributed by atoms with E-state index in [4.69, 9.17) is 42.1 Å². The fourth-order valence-electron chi connectivity index (χ4n) is 12.2. The van der Waals surface area contributed by atoms with Crippen molar-refractivity contribution >= 4 is 57.2 Å². The normalized spacial score (nSPS) is 15.7. The number of carbonyl (C=O) groups is 2. The highest BCUT2D eigenvalue weighted by atomic mass is 35.5. The smallest absolute Gasteiger partial charge is 0.307 e. The largest absolute Gasteiger partial charge is 0.489 e. The van der Waals surface area contributed by atoms with E-state index in [1.165, 1.54) is 33.4 Å². The summed E-state index contributed by atoms with van der Waals surface area (Å²) in [7, 11) is 0. The Morgan fingerprint density at radius 1 is 0.522 bits per heavy atom. The topological polar surface area (TPSA) is 139 Å². The highest BCUT2D eigenvalue weighted by molar-refractivity contribution is 6.36. The summed E-state index contributed by atoms with van der Waals surface area (Å²) in [5, 5.41) is 18.3. The third kappa shape index (κ3) is 14.9. The molecule has 90 heavy (non-hydrogen) atoms. The maximum atomic E-state index is 13.4. The van der Waals surface area contributed by atoms with Crippen LogP contribution < -0.4 is 9.47 Å². The second-order valence-electron chi connectivity index (χ2n) is 23.5. The van der Waals surface area contributed by atoms with E-state index >= 15 is 0 Å². The molecule has 0 bridgehead atoms. The van der Waals surface area contributed by atoms with E-state index < -0.39 is 0 Å². The Kier molecular flexibility index (Phi) is 20.7. The molecule has 4 atom stereocenters. The van der Waals surface area contributed by atoms with Crippen LogP contribution in [0.1, 0.15) is 132 Å². The molecule has 14 nitrogen and oxygen atoms in total. The van der Waals surface area contributed by atoms with E-state index in [9.17, 15) is 9.59 Å². The van der Waals surface area contributed by atoms with Crippen molar-refractivity contribution in [2.75, 3.05) is 13.1 Å². The lowest BCUT2D eigenvalue weighted by atomic mass is 9.86. The minimum absolute atomic E-state index is 0.117. The van der Waals surface area contributed by atoms with Gasteiger partial charge in [-0.1, -0.05) is 193 Å². The Bertz CT molecular complexity index is 3840. The third-order valence-electron chi connectivity index (χ3n) is 17.4. The molecule has 464 valence electrons. The second-order valence-corrected chi connectivity index (χ2v) is 24.3. The molecule has 0 spiro atoms. The van der Waals surface area contributed by atoms with Crippen LogP contribution in [0.4, 0.5) is 0 Å². The average Bonchev–Trinajstić information content (AvgIpc) is 1.62. The molecule has 2 aliphatic rings. The molecule has 0 amide bonds. The van der Waals surface area contributed by atoms with Gasteiger partial charge in [-0.3, -0.25) is 19.4 Å². The molecule has 0 aliphatic carbocycles. The standard InChI is InChI=1S/2C37H39ClN4O3/c2*1-4-30-23-41(21-28-13-9-10-14-34(28)45-30)22-29-19-27(16-15-25(29)3)32(20-35(43)44-24-26-11-7-6-8-12-26)31-17-18-33-37(36(31)38)39-40-42(33)5-2/h2*6-19,30,32H,4-5,20-24H2,1-3H3/t30-,32+;30-,32-/m11/s1. The molecule has 0 saturated carbocycles. The van der Waals surface area contributed by atoms with Crippen LogP contribution in [0.25, 0.3) is 22.1 Å². The number of para-hydroxylation sites is 2. The van der Waals surface area contributed by atoms with Gasteiger partial charge in [-0.25, -0.2) is 9.36 Å². The number of rotatable bonds is 20. The summed E-state index contributed by atoms with van der Waals surface area (Å²) in [5.41, 5.74) is 15.8. The summed E-state index contributed by atoms with van der Waals surface area (Å²) in [6.07, 6.45) is 2.38. The fourth-order valence-corrected chi connectivity index (χ4v) is 12.9. The number of aryl methyl sites for hydroxylation is 4. The summed E-state index contributed by atoms with van der Waals surface area (Å²) in [6, 6.07) is 57.0. The van der Waals surface area contributed by atoms with E-state index in [0.29, 0.717) is 34.2 Å². The van der Waals surface area contributed by atoms with Crippen LogP contribution in [-0.2, 0) is 71.5 Å². The average molecular weight is 1250 g/mol. The highest BCUT2D eigenvalue weighted by Gasteiger charge is 2.29. The lowest BCUT2D eigenvalue weighted by Gasteiger charge is -2.25. The van der Waals surface area contributed by atoms with Crippen LogP contribution >= 0.6 is 23.2 Å². The Labute approximate surface area is 537 Å². The van der Waals surface area contributed by atoms with Gasteiger partial charge in [0.15, 0.2) is 0 Å². The van der Waals surface area contributed by atoms with E-state index in [0.717, 1.165) is 108 Å². The number of halogens is 2. The van der Waals surface area contributed by atoms with Crippen LogP contribution in [-0.4, -0.2) is 77.0 Å². The molecule has 2 aliphatic heterocycles. The summed E-state index contributed by atoms with van der Waals surface area (Å²) in [4.78, 5) is 31.7. The van der Waals surface area contributed by atoms with Crippen LogP contribution in [0.3, 0.4) is 0 Å². The first-order valence-corrected chi connectivity index (χ1v) is 32.2. The SMILES string of the molecule is CC[C@@H]1CN(Cc2cc([C@@H](CC(=O)OCc3ccccc3)c3ccc4c(nnn4CC)c3Cl)ccc2C)Cc2ccccc2O1.CC[C@@H]1CN(Cc2cc([C@H](CC(=O)OCc3ccccc3)c3ccc4c(nnn4CC)c3Cl)ccc2C)Cc2ccccc2O1. The van der Waals surface area contributed by atoms with Gasteiger partial charge in [-0.15, -0.1) is 10.2 Å². The van der Waals surface area contributed by atoms with Crippen molar-refractivity contribution in [3.63, 3.8) is 0 Å². The zero-order valence-corrected chi connectivity index (χ0v) is 53.7. The van der Waals surface area contributed by atoms with Crippen LogP contribution in [0.2, 0.25) is 10.0 Å². The van der Waals surface area contributed by atoms with Gasteiger partial charge in [0.05, 0.1) is 33.9 Å². The molecule has 0 unspecified atom stereocenters. The van der Waals surface area contributed by atoms with E-state index in [1.807, 2.05) is 120 Å². The maximum absolute atomic E-state index is 13.4. The number of hydrogen-bond acceptors (Lipinski definition) is 12. The minimum Gasteiger partial charge on any atom is -0.489 e. The van der Waals surface area contributed by atoms with Gasteiger partial charge < -0.3 is 18.9 Å². The molecule has 10 aromatic rings. The van der Waals surface area contributed by atoms with Gasteiger partial charge in [0.25, 0.3) is 0 Å². The number of hydrogen-bond donors (Lipinski definition) is 0. The molecule has 0 radical (unpaired) electrons. The Morgan fingerprint density at radius 2 is 0.922 bits per heavy atom. The lowest BCUT2D eigenvalue weighted by Crippen LogP contribution is -2.32. The van der Waals surface area contributed by atoms with Crippen molar-refractivity contribution < 1.29 is 28.5 Å². The number of nitrogens with zero attached hydrogens (tertiary/aromatic N) is 8. The van der Waals surface area contributed by atoms with Crippen molar-refractivity contribution in [3.05, 3.63) is 247 Å². The predicted molar refractivity (Wildman–Crippen MR) is 355 cm³/mol. The number of esters is 2. The minimum atomic E-state index is -0.326. The molecule has 0 fully saturated rings. The number of ether oxygens (including phenoxy) is 4. The summed E-state index contributed by atoms with van der Waals surface area (Å²) in [5.74, 6) is 0.714. The number of carbonyl (C=O) groups excluding carboxylic acids is 2. The quantitative estimate of drug-likeness (QED) is 0.0671. The zero-order valence-electron chi connectivity index (χ0n) is 52.2. The van der Waals surface area contributed by atoms with Crippen LogP contribution in [0.5, 0.6) is 11.5 Å². The van der Waals surface area contributed by atoms with Gasteiger partial charge in [-0.05, 0) is 120 Å². The first-order valence-electron chi connectivity index (χ1n) is 31.4.